The fourth-order valence-electron chi connectivity index (χ4n) is 0.662. The summed E-state index contributed by atoms with van der Waals surface area (Å²) in [6.45, 7) is 0.448. The van der Waals surface area contributed by atoms with Crippen molar-refractivity contribution < 1.29 is 0 Å². The van der Waals surface area contributed by atoms with E-state index < -0.39 is 0 Å². The van der Waals surface area contributed by atoms with E-state index in [1.807, 2.05) is 6.07 Å². The second-order valence-corrected chi connectivity index (χ2v) is 4.65. The van der Waals surface area contributed by atoms with Crippen LogP contribution in [0.15, 0.2) is 10.5 Å². The smallest absolute Gasteiger partial charge is 0.107 e. The summed E-state index contributed by atoms with van der Waals surface area (Å²) in [6.07, 6.45) is 0. The Hall–Kier alpha value is 0.390. The van der Waals surface area contributed by atoms with E-state index in [0.717, 1.165) is 13.7 Å². The summed E-state index contributed by atoms with van der Waals surface area (Å²) in [7, 11) is 0. The summed E-state index contributed by atoms with van der Waals surface area (Å²) in [5, 5.41) is 0. The molecule has 2 nitrogen and oxygen atoms in total. The largest absolute Gasteiger partial charge is 0.329 e. The molecule has 1 aromatic rings. The van der Waals surface area contributed by atoms with Gasteiger partial charge in [-0.2, -0.15) is 0 Å². The van der Waals surface area contributed by atoms with Gasteiger partial charge in [0.05, 0.1) is 6.04 Å². The Labute approximate surface area is 82.7 Å². The molecule has 0 radical (unpaired) electrons. The molecule has 0 bridgehead atoms. The van der Waals surface area contributed by atoms with Gasteiger partial charge in [0.25, 0.3) is 0 Å². The molecular formula is C6H8BrClN2S. The van der Waals surface area contributed by atoms with Gasteiger partial charge >= 0.3 is 0 Å². The fourth-order valence-corrected chi connectivity index (χ4v) is 2.41. The maximum Gasteiger partial charge on any atom is 0.107 e. The van der Waals surface area contributed by atoms with E-state index in [0.29, 0.717) is 6.54 Å². The average molecular weight is 256 g/mol. The van der Waals surface area contributed by atoms with Crippen molar-refractivity contribution in [1.29, 1.82) is 0 Å². The predicted molar refractivity (Wildman–Crippen MR) is 53.0 cm³/mol. The summed E-state index contributed by atoms with van der Waals surface area (Å²) in [4.78, 5) is 1.02. The second kappa shape index (κ2) is 3.87. The Bertz CT molecular complexity index is 231. The normalized spacial score (nSPS) is 13.5. The molecule has 0 saturated carbocycles. The Kier molecular flexibility index (Phi) is 3.33. The van der Waals surface area contributed by atoms with Crippen molar-refractivity contribution in [3.8, 4) is 0 Å². The van der Waals surface area contributed by atoms with Gasteiger partial charge in [-0.1, -0.05) is 11.6 Å². The molecule has 0 saturated heterocycles. The van der Waals surface area contributed by atoms with Gasteiger partial charge in [0.1, 0.15) is 4.34 Å². The van der Waals surface area contributed by atoms with Crippen molar-refractivity contribution in [2.45, 2.75) is 6.04 Å². The van der Waals surface area contributed by atoms with Crippen molar-refractivity contribution >= 4 is 38.9 Å². The van der Waals surface area contributed by atoms with Crippen LogP contribution in [0.5, 0.6) is 0 Å². The molecule has 1 atom stereocenters. The molecule has 0 fully saturated rings. The highest BCUT2D eigenvalue weighted by Gasteiger charge is 2.09. The van der Waals surface area contributed by atoms with Crippen LogP contribution in [0, 0.1) is 0 Å². The number of rotatable bonds is 2. The number of halogens is 2. The lowest BCUT2D eigenvalue weighted by atomic mass is 10.3. The molecule has 11 heavy (non-hydrogen) atoms. The van der Waals surface area contributed by atoms with Crippen LogP contribution in [0.3, 0.4) is 0 Å². The molecule has 0 amide bonds. The Balaban J connectivity index is 2.88. The molecule has 1 unspecified atom stereocenters. The molecular weight excluding hydrogens is 248 g/mol. The zero-order chi connectivity index (χ0) is 8.43. The standard InChI is InChI=1S/C6H8BrClN2S/c7-3-1-5(4(10)2-9)11-6(3)8/h1,4H,2,9-10H2. The molecule has 0 aliphatic heterocycles. The minimum atomic E-state index is -0.0937. The van der Waals surface area contributed by atoms with E-state index >= 15 is 0 Å². The van der Waals surface area contributed by atoms with Gasteiger partial charge in [0, 0.05) is 15.9 Å². The summed E-state index contributed by atoms with van der Waals surface area (Å²) in [5.74, 6) is 0. The second-order valence-electron chi connectivity index (χ2n) is 2.11. The highest BCUT2D eigenvalue weighted by atomic mass is 79.9. The monoisotopic (exact) mass is 254 g/mol. The molecule has 0 aliphatic carbocycles. The summed E-state index contributed by atoms with van der Waals surface area (Å²) < 4.78 is 1.62. The molecule has 0 aliphatic rings. The van der Waals surface area contributed by atoms with Gasteiger partial charge in [0.2, 0.25) is 0 Å². The highest BCUT2D eigenvalue weighted by molar-refractivity contribution is 9.10. The van der Waals surface area contributed by atoms with Crippen LogP contribution in [-0.2, 0) is 0 Å². The molecule has 62 valence electrons. The van der Waals surface area contributed by atoms with Crippen LogP contribution < -0.4 is 11.5 Å². The van der Waals surface area contributed by atoms with E-state index in [1.165, 1.54) is 11.3 Å². The molecule has 4 N–H and O–H groups in total. The first-order valence-corrected chi connectivity index (χ1v) is 5.04. The van der Waals surface area contributed by atoms with E-state index in [9.17, 15) is 0 Å². The molecule has 0 spiro atoms. The quantitative estimate of drug-likeness (QED) is 0.850. The van der Waals surface area contributed by atoms with E-state index in [-0.39, 0.29) is 6.04 Å². The molecule has 1 rings (SSSR count). The maximum atomic E-state index is 5.81. The molecule has 1 heterocycles. The summed E-state index contributed by atoms with van der Waals surface area (Å²) in [5.41, 5.74) is 11.1. The Morgan fingerprint density at radius 3 is 2.73 bits per heavy atom. The first-order valence-electron chi connectivity index (χ1n) is 3.05. The van der Waals surface area contributed by atoms with Crippen LogP contribution >= 0.6 is 38.9 Å². The van der Waals surface area contributed by atoms with E-state index in [2.05, 4.69) is 15.9 Å². The Morgan fingerprint density at radius 2 is 2.36 bits per heavy atom. The lowest BCUT2D eigenvalue weighted by Gasteiger charge is -2.02. The molecule has 5 heteroatoms. The third-order valence-corrected chi connectivity index (χ3v) is 3.89. The number of thiophene rings is 1. The zero-order valence-corrected chi connectivity index (χ0v) is 8.84. The van der Waals surface area contributed by atoms with Crippen molar-refractivity contribution in [2.75, 3.05) is 6.54 Å². The first kappa shape index (κ1) is 9.48. The molecule has 1 aromatic heterocycles. The van der Waals surface area contributed by atoms with Crippen molar-refractivity contribution in [3.05, 3.63) is 19.8 Å². The third-order valence-electron chi connectivity index (χ3n) is 1.28. The SMILES string of the molecule is NCC(N)c1cc(Br)c(Cl)s1. The topological polar surface area (TPSA) is 52.0 Å². The van der Waals surface area contributed by atoms with Gasteiger partial charge in [-0.25, -0.2) is 0 Å². The van der Waals surface area contributed by atoms with Crippen molar-refractivity contribution in [2.24, 2.45) is 11.5 Å². The van der Waals surface area contributed by atoms with Gasteiger partial charge in [-0.3, -0.25) is 0 Å². The van der Waals surface area contributed by atoms with Crippen LogP contribution in [0.2, 0.25) is 4.34 Å². The lowest BCUT2D eigenvalue weighted by Crippen LogP contribution is -2.19. The van der Waals surface area contributed by atoms with Crippen LogP contribution in [-0.4, -0.2) is 6.54 Å². The van der Waals surface area contributed by atoms with Gasteiger partial charge < -0.3 is 11.5 Å². The van der Waals surface area contributed by atoms with Gasteiger partial charge in [0.15, 0.2) is 0 Å². The predicted octanol–water partition coefficient (Wildman–Crippen LogP) is 2.12. The van der Waals surface area contributed by atoms with Crippen molar-refractivity contribution in [3.63, 3.8) is 0 Å². The minimum absolute atomic E-state index is 0.0937. The van der Waals surface area contributed by atoms with Crippen LogP contribution in [0.1, 0.15) is 10.9 Å². The van der Waals surface area contributed by atoms with Gasteiger partial charge in [-0.05, 0) is 22.0 Å². The average Bonchev–Trinajstić information content (AvgIpc) is 2.31. The highest BCUT2D eigenvalue weighted by Crippen LogP contribution is 2.34. The summed E-state index contributed by atoms with van der Waals surface area (Å²) in [6, 6.07) is 1.81. The zero-order valence-electron chi connectivity index (χ0n) is 5.68. The Morgan fingerprint density at radius 1 is 1.73 bits per heavy atom. The van der Waals surface area contributed by atoms with Gasteiger partial charge in [-0.15, -0.1) is 11.3 Å². The van der Waals surface area contributed by atoms with Crippen molar-refractivity contribution in [1.82, 2.24) is 0 Å². The maximum absolute atomic E-state index is 5.81. The number of hydrogen-bond donors (Lipinski definition) is 2. The fraction of sp³-hybridized carbons (Fsp3) is 0.333. The van der Waals surface area contributed by atoms with Crippen LogP contribution in [0.25, 0.3) is 0 Å². The lowest BCUT2D eigenvalue weighted by molar-refractivity contribution is 0.751. The molecule has 0 aromatic carbocycles. The summed E-state index contributed by atoms with van der Waals surface area (Å²) >= 11 is 10.6. The van der Waals surface area contributed by atoms with E-state index in [4.69, 9.17) is 23.1 Å². The minimum Gasteiger partial charge on any atom is -0.329 e. The van der Waals surface area contributed by atoms with Crippen LogP contribution in [0.4, 0.5) is 0 Å². The number of nitrogens with two attached hydrogens (primary N) is 2. The van der Waals surface area contributed by atoms with E-state index in [1.54, 1.807) is 0 Å². The first-order chi connectivity index (χ1) is 5.15. The third kappa shape index (κ3) is 2.16. The number of hydrogen-bond acceptors (Lipinski definition) is 3.